The molecule has 0 aliphatic carbocycles. The van der Waals surface area contributed by atoms with Crippen LogP contribution in [0.3, 0.4) is 0 Å². The maximum Gasteiger partial charge on any atom is 0.215 e. The van der Waals surface area contributed by atoms with Crippen molar-refractivity contribution in [3.63, 3.8) is 0 Å². The molecular weight excluding hydrogens is 276 g/mol. The third kappa shape index (κ3) is 5.21. The van der Waals surface area contributed by atoms with Gasteiger partial charge in [-0.2, -0.15) is 0 Å². The minimum atomic E-state index is -3.32. The van der Waals surface area contributed by atoms with E-state index in [1.165, 1.54) is 4.31 Å². The van der Waals surface area contributed by atoms with Crippen molar-refractivity contribution in [2.45, 2.75) is 32.6 Å². The summed E-state index contributed by atoms with van der Waals surface area (Å²) >= 11 is 0. The van der Waals surface area contributed by atoms with Gasteiger partial charge in [0.15, 0.2) is 0 Å². The fourth-order valence-electron chi connectivity index (χ4n) is 1.83. The molecule has 1 aliphatic rings. The standard InChI is InChI=1S/C10H22N2O4S2/c1-2-3-9-17(13,14)11-6-10-18(15,16)12-7-4-5-8-12/h11H,2-10H2,1H3. The van der Waals surface area contributed by atoms with Crippen LogP contribution in [0.5, 0.6) is 0 Å². The lowest BCUT2D eigenvalue weighted by molar-refractivity contribution is 0.477. The topological polar surface area (TPSA) is 83.5 Å². The van der Waals surface area contributed by atoms with Gasteiger partial charge in [-0.15, -0.1) is 0 Å². The second-order valence-electron chi connectivity index (χ2n) is 4.49. The largest absolute Gasteiger partial charge is 0.215 e. The third-order valence-corrected chi connectivity index (χ3v) is 6.25. The van der Waals surface area contributed by atoms with E-state index in [9.17, 15) is 16.8 Å². The van der Waals surface area contributed by atoms with Gasteiger partial charge in [0.1, 0.15) is 0 Å². The van der Waals surface area contributed by atoms with E-state index in [1.54, 1.807) is 0 Å². The first-order chi connectivity index (χ1) is 8.37. The number of nitrogens with zero attached hydrogens (tertiary/aromatic N) is 1. The van der Waals surface area contributed by atoms with Gasteiger partial charge < -0.3 is 0 Å². The van der Waals surface area contributed by atoms with Crippen molar-refractivity contribution in [3.05, 3.63) is 0 Å². The molecule has 0 aromatic rings. The highest BCUT2D eigenvalue weighted by molar-refractivity contribution is 7.90. The van der Waals surface area contributed by atoms with E-state index < -0.39 is 20.0 Å². The first kappa shape index (κ1) is 15.9. The van der Waals surface area contributed by atoms with Crippen LogP contribution in [0.25, 0.3) is 0 Å². The van der Waals surface area contributed by atoms with Crippen LogP contribution in [0.15, 0.2) is 0 Å². The smallest absolute Gasteiger partial charge is 0.214 e. The Bertz CT molecular complexity index is 438. The van der Waals surface area contributed by atoms with Crippen molar-refractivity contribution in [2.24, 2.45) is 0 Å². The minimum Gasteiger partial charge on any atom is -0.214 e. The molecule has 1 fully saturated rings. The Hall–Kier alpha value is -0.180. The number of nitrogens with one attached hydrogen (secondary N) is 1. The Morgan fingerprint density at radius 1 is 1.06 bits per heavy atom. The molecule has 0 unspecified atom stereocenters. The fraction of sp³-hybridized carbons (Fsp3) is 1.00. The van der Waals surface area contributed by atoms with E-state index in [0.717, 1.165) is 19.3 Å². The number of unbranched alkanes of at least 4 members (excludes halogenated alkanes) is 1. The second-order valence-corrected chi connectivity index (χ2v) is 8.50. The first-order valence-corrected chi connectivity index (χ1v) is 9.59. The van der Waals surface area contributed by atoms with Gasteiger partial charge in [-0.05, 0) is 19.3 Å². The molecule has 0 aromatic heterocycles. The molecule has 0 spiro atoms. The molecule has 0 bridgehead atoms. The van der Waals surface area contributed by atoms with Gasteiger partial charge in [0.25, 0.3) is 0 Å². The number of hydrogen-bond acceptors (Lipinski definition) is 4. The molecule has 0 aromatic carbocycles. The highest BCUT2D eigenvalue weighted by Crippen LogP contribution is 2.12. The van der Waals surface area contributed by atoms with Gasteiger partial charge in [0.05, 0.1) is 11.5 Å². The Morgan fingerprint density at radius 3 is 2.22 bits per heavy atom. The van der Waals surface area contributed by atoms with E-state index in [1.807, 2.05) is 6.92 Å². The Morgan fingerprint density at radius 2 is 1.67 bits per heavy atom. The zero-order valence-corrected chi connectivity index (χ0v) is 12.4. The lowest BCUT2D eigenvalue weighted by Gasteiger charge is -2.15. The Labute approximate surface area is 110 Å². The van der Waals surface area contributed by atoms with Gasteiger partial charge >= 0.3 is 0 Å². The maximum atomic E-state index is 11.8. The van der Waals surface area contributed by atoms with E-state index in [-0.39, 0.29) is 18.1 Å². The quantitative estimate of drug-likeness (QED) is 0.690. The maximum absolute atomic E-state index is 11.8. The molecule has 6 nitrogen and oxygen atoms in total. The van der Waals surface area contributed by atoms with Crippen molar-refractivity contribution in [2.75, 3.05) is 31.1 Å². The molecule has 108 valence electrons. The third-order valence-electron chi connectivity index (χ3n) is 2.91. The van der Waals surface area contributed by atoms with Gasteiger partial charge in [-0.3, -0.25) is 0 Å². The van der Waals surface area contributed by atoms with Crippen LogP contribution in [-0.2, 0) is 20.0 Å². The summed E-state index contributed by atoms with van der Waals surface area (Å²) in [4.78, 5) is 0. The van der Waals surface area contributed by atoms with Gasteiger partial charge in [0.2, 0.25) is 20.0 Å². The monoisotopic (exact) mass is 298 g/mol. The van der Waals surface area contributed by atoms with E-state index in [2.05, 4.69) is 4.72 Å². The molecule has 0 saturated carbocycles. The van der Waals surface area contributed by atoms with Crippen LogP contribution in [-0.4, -0.2) is 52.3 Å². The summed E-state index contributed by atoms with van der Waals surface area (Å²) < 4.78 is 50.4. The highest BCUT2D eigenvalue weighted by Gasteiger charge is 2.25. The molecule has 18 heavy (non-hydrogen) atoms. The van der Waals surface area contributed by atoms with Crippen LogP contribution in [0.1, 0.15) is 32.6 Å². The van der Waals surface area contributed by atoms with Crippen molar-refractivity contribution in [1.29, 1.82) is 0 Å². The van der Waals surface area contributed by atoms with Crippen molar-refractivity contribution in [3.8, 4) is 0 Å². The van der Waals surface area contributed by atoms with E-state index in [4.69, 9.17) is 0 Å². The molecule has 1 aliphatic heterocycles. The summed E-state index contributed by atoms with van der Waals surface area (Å²) in [5.41, 5.74) is 0. The summed E-state index contributed by atoms with van der Waals surface area (Å²) in [6.07, 6.45) is 3.17. The average Bonchev–Trinajstić information content (AvgIpc) is 2.80. The lowest BCUT2D eigenvalue weighted by atomic mass is 10.4. The van der Waals surface area contributed by atoms with Crippen molar-refractivity contribution in [1.82, 2.24) is 9.03 Å². The molecular formula is C10H22N2O4S2. The van der Waals surface area contributed by atoms with Crippen molar-refractivity contribution >= 4 is 20.0 Å². The molecule has 0 amide bonds. The van der Waals surface area contributed by atoms with E-state index >= 15 is 0 Å². The number of sulfonamides is 2. The van der Waals surface area contributed by atoms with Gasteiger partial charge in [-0.1, -0.05) is 13.3 Å². The molecule has 1 saturated heterocycles. The highest BCUT2D eigenvalue weighted by atomic mass is 32.2. The normalized spacial score (nSPS) is 18.3. The summed E-state index contributed by atoms with van der Waals surface area (Å²) in [6.45, 7) is 2.99. The average molecular weight is 298 g/mol. The predicted octanol–water partition coefficient (Wildman–Crippen LogP) is 0.132. The Balaban J connectivity index is 2.36. The van der Waals surface area contributed by atoms with Gasteiger partial charge in [0, 0.05) is 19.6 Å². The summed E-state index contributed by atoms with van der Waals surface area (Å²) in [6, 6.07) is 0. The number of rotatable bonds is 8. The van der Waals surface area contributed by atoms with Crippen LogP contribution in [0.2, 0.25) is 0 Å². The SMILES string of the molecule is CCCCS(=O)(=O)NCCS(=O)(=O)N1CCCC1. The molecule has 1 heterocycles. The lowest BCUT2D eigenvalue weighted by Crippen LogP contribution is -2.36. The zero-order valence-electron chi connectivity index (χ0n) is 10.8. The van der Waals surface area contributed by atoms with Crippen LogP contribution < -0.4 is 4.72 Å². The van der Waals surface area contributed by atoms with Crippen LogP contribution in [0, 0.1) is 0 Å². The van der Waals surface area contributed by atoms with Gasteiger partial charge in [-0.25, -0.2) is 25.9 Å². The second kappa shape index (κ2) is 6.83. The summed E-state index contributed by atoms with van der Waals surface area (Å²) in [7, 11) is -6.62. The molecule has 8 heteroatoms. The van der Waals surface area contributed by atoms with Crippen LogP contribution in [0.4, 0.5) is 0 Å². The summed E-state index contributed by atoms with van der Waals surface area (Å²) in [5, 5.41) is 0. The van der Waals surface area contributed by atoms with E-state index in [0.29, 0.717) is 19.5 Å². The molecule has 1 N–H and O–H groups in total. The minimum absolute atomic E-state index is 0.0368. The fourth-order valence-corrected chi connectivity index (χ4v) is 4.62. The Kier molecular flexibility index (Phi) is 6.03. The van der Waals surface area contributed by atoms with Crippen molar-refractivity contribution < 1.29 is 16.8 Å². The molecule has 1 rings (SSSR count). The predicted molar refractivity (Wildman–Crippen MR) is 71.3 cm³/mol. The zero-order chi connectivity index (χ0) is 13.6. The molecule has 0 atom stereocenters. The molecule has 0 radical (unpaired) electrons. The van der Waals surface area contributed by atoms with Crippen LogP contribution >= 0.6 is 0 Å². The summed E-state index contributed by atoms with van der Waals surface area (Å²) in [5.74, 6) is -0.0916. The first-order valence-electron chi connectivity index (χ1n) is 6.32. The number of hydrogen-bond donors (Lipinski definition) is 1.